The lowest BCUT2D eigenvalue weighted by Gasteiger charge is -2.32. The third-order valence-electron chi connectivity index (χ3n) is 3.96. The molecule has 1 saturated heterocycles. The van der Waals surface area contributed by atoms with Crippen molar-refractivity contribution < 1.29 is 18.6 Å². The van der Waals surface area contributed by atoms with E-state index < -0.39 is 16.1 Å². The summed E-state index contributed by atoms with van der Waals surface area (Å²) in [6, 6.07) is 6.53. The molecule has 0 saturated carbocycles. The Labute approximate surface area is 131 Å². The Morgan fingerprint density at radius 3 is 2.59 bits per heavy atom. The number of sulfonamides is 1. The maximum absolute atomic E-state index is 12.7. The first kappa shape index (κ1) is 17.2. The molecule has 6 nitrogen and oxygen atoms in total. The van der Waals surface area contributed by atoms with Crippen LogP contribution in [0.25, 0.3) is 0 Å². The number of aliphatic hydroxyl groups is 2. The predicted octanol–water partition coefficient (Wildman–Crippen LogP) is 1.01. The van der Waals surface area contributed by atoms with Gasteiger partial charge < -0.3 is 15.5 Å². The molecule has 1 aromatic rings. The molecule has 1 aromatic carbocycles. The number of nitrogens with one attached hydrogen (secondary N) is 1. The van der Waals surface area contributed by atoms with Crippen molar-refractivity contribution in [3.8, 4) is 0 Å². The van der Waals surface area contributed by atoms with E-state index in [9.17, 15) is 13.5 Å². The lowest BCUT2D eigenvalue weighted by Crippen LogP contribution is -2.41. The van der Waals surface area contributed by atoms with Gasteiger partial charge in [0.05, 0.1) is 17.6 Å². The quantitative estimate of drug-likeness (QED) is 0.725. The van der Waals surface area contributed by atoms with E-state index in [2.05, 4.69) is 5.32 Å². The molecule has 0 aromatic heterocycles. The lowest BCUT2D eigenvalue weighted by atomic mass is 10.1. The first-order valence-corrected chi connectivity index (χ1v) is 9.04. The second kappa shape index (κ2) is 7.41. The Bertz CT molecular complexity index is 574. The zero-order chi connectivity index (χ0) is 16.2. The van der Waals surface area contributed by atoms with Crippen LogP contribution in [0.3, 0.4) is 0 Å². The van der Waals surface area contributed by atoms with E-state index in [0.717, 1.165) is 19.3 Å². The second-order valence-electron chi connectivity index (χ2n) is 5.70. The molecule has 1 aliphatic rings. The summed E-state index contributed by atoms with van der Waals surface area (Å²) in [4.78, 5) is 0.287. The lowest BCUT2D eigenvalue weighted by molar-refractivity contribution is 0.105. The van der Waals surface area contributed by atoms with E-state index in [1.807, 2.05) is 6.92 Å². The van der Waals surface area contributed by atoms with E-state index >= 15 is 0 Å². The number of hydrogen-bond donors (Lipinski definition) is 3. The van der Waals surface area contributed by atoms with Gasteiger partial charge in [0.2, 0.25) is 10.0 Å². The van der Waals surface area contributed by atoms with Gasteiger partial charge in [0.15, 0.2) is 0 Å². The van der Waals surface area contributed by atoms with Crippen molar-refractivity contribution in [3.63, 3.8) is 0 Å². The van der Waals surface area contributed by atoms with Gasteiger partial charge in [-0.1, -0.05) is 6.42 Å². The average molecular weight is 328 g/mol. The Morgan fingerprint density at radius 2 is 2.00 bits per heavy atom. The Kier molecular flexibility index (Phi) is 5.80. The summed E-state index contributed by atoms with van der Waals surface area (Å²) in [7, 11) is -3.45. The highest BCUT2D eigenvalue weighted by Gasteiger charge is 2.30. The molecule has 1 fully saturated rings. The first-order chi connectivity index (χ1) is 10.4. The van der Waals surface area contributed by atoms with Crippen LogP contribution in [0.1, 0.15) is 26.2 Å². The fourth-order valence-corrected chi connectivity index (χ4v) is 4.31. The number of hydrogen-bond acceptors (Lipinski definition) is 5. The van der Waals surface area contributed by atoms with Crippen molar-refractivity contribution in [2.24, 2.45) is 0 Å². The van der Waals surface area contributed by atoms with E-state index in [1.54, 1.807) is 28.6 Å². The topological polar surface area (TPSA) is 89.9 Å². The molecule has 0 radical (unpaired) electrons. The van der Waals surface area contributed by atoms with Crippen LogP contribution in [-0.4, -0.2) is 54.8 Å². The van der Waals surface area contributed by atoms with Gasteiger partial charge in [0.25, 0.3) is 0 Å². The zero-order valence-electron chi connectivity index (χ0n) is 12.8. The molecule has 2 rings (SSSR count). The molecular formula is C15H24N2O4S. The van der Waals surface area contributed by atoms with E-state index in [4.69, 9.17) is 5.11 Å². The minimum Gasteiger partial charge on any atom is -0.394 e. The normalized spacial score (nSPS) is 21.5. The van der Waals surface area contributed by atoms with Crippen molar-refractivity contribution in [1.82, 2.24) is 4.31 Å². The van der Waals surface area contributed by atoms with Gasteiger partial charge in [0.1, 0.15) is 0 Å². The third kappa shape index (κ3) is 3.98. The highest BCUT2D eigenvalue weighted by molar-refractivity contribution is 7.89. The summed E-state index contributed by atoms with van der Waals surface area (Å²) >= 11 is 0. The molecule has 1 heterocycles. The van der Waals surface area contributed by atoms with Crippen LogP contribution in [0.5, 0.6) is 0 Å². The van der Waals surface area contributed by atoms with Crippen LogP contribution < -0.4 is 5.32 Å². The Hall–Kier alpha value is -1.15. The van der Waals surface area contributed by atoms with Gasteiger partial charge in [-0.3, -0.25) is 0 Å². The fourth-order valence-electron chi connectivity index (χ4n) is 2.61. The Balaban J connectivity index is 2.08. The molecule has 2 atom stereocenters. The van der Waals surface area contributed by atoms with Crippen LogP contribution >= 0.6 is 0 Å². The Morgan fingerprint density at radius 1 is 1.32 bits per heavy atom. The van der Waals surface area contributed by atoms with Crippen molar-refractivity contribution in [2.45, 2.75) is 43.2 Å². The number of nitrogens with zero attached hydrogens (tertiary/aromatic N) is 1. The maximum atomic E-state index is 12.7. The van der Waals surface area contributed by atoms with Crippen LogP contribution in [0.15, 0.2) is 29.2 Å². The van der Waals surface area contributed by atoms with E-state index in [-0.39, 0.29) is 24.1 Å². The van der Waals surface area contributed by atoms with Gasteiger partial charge in [0, 0.05) is 24.8 Å². The van der Waals surface area contributed by atoms with Crippen molar-refractivity contribution in [1.29, 1.82) is 0 Å². The molecule has 0 amide bonds. The predicted molar refractivity (Wildman–Crippen MR) is 85.2 cm³/mol. The van der Waals surface area contributed by atoms with Crippen LogP contribution in [0, 0.1) is 0 Å². The number of anilines is 1. The van der Waals surface area contributed by atoms with Crippen LogP contribution in [-0.2, 0) is 10.0 Å². The van der Waals surface area contributed by atoms with Crippen molar-refractivity contribution in [3.05, 3.63) is 24.3 Å². The van der Waals surface area contributed by atoms with Gasteiger partial charge in [-0.05, 0) is 44.0 Å². The van der Waals surface area contributed by atoms with Gasteiger partial charge in [-0.25, -0.2) is 8.42 Å². The smallest absolute Gasteiger partial charge is 0.243 e. The second-order valence-corrected chi connectivity index (χ2v) is 7.59. The van der Waals surface area contributed by atoms with E-state index in [1.165, 1.54) is 0 Å². The maximum Gasteiger partial charge on any atom is 0.243 e. The minimum absolute atomic E-state index is 0.0382. The monoisotopic (exact) mass is 328 g/mol. The number of rotatable bonds is 6. The molecule has 3 N–H and O–H groups in total. The molecule has 1 aliphatic heterocycles. The third-order valence-corrected chi connectivity index (χ3v) is 5.98. The van der Waals surface area contributed by atoms with Crippen molar-refractivity contribution >= 4 is 15.7 Å². The van der Waals surface area contributed by atoms with Gasteiger partial charge in [-0.2, -0.15) is 4.31 Å². The highest BCUT2D eigenvalue weighted by atomic mass is 32.2. The minimum atomic E-state index is -3.45. The van der Waals surface area contributed by atoms with E-state index in [0.29, 0.717) is 12.2 Å². The summed E-state index contributed by atoms with van der Waals surface area (Å²) < 4.78 is 26.9. The summed E-state index contributed by atoms with van der Waals surface area (Å²) in [5, 5.41) is 21.0. The van der Waals surface area contributed by atoms with Crippen LogP contribution in [0.2, 0.25) is 0 Å². The molecule has 0 aliphatic carbocycles. The summed E-state index contributed by atoms with van der Waals surface area (Å²) in [6.45, 7) is 2.42. The molecule has 2 unspecified atom stereocenters. The number of aliphatic hydroxyl groups excluding tert-OH is 2. The largest absolute Gasteiger partial charge is 0.394 e. The standard InChI is InChI=1S/C15H24N2O4S/c1-12-4-2-3-9-17(12)22(20,21)15-7-5-13(6-8-15)16-10-14(19)11-18/h5-8,12,14,16,18-19H,2-4,9-11H2,1H3. The van der Waals surface area contributed by atoms with Gasteiger partial charge in [-0.15, -0.1) is 0 Å². The number of benzene rings is 1. The SMILES string of the molecule is CC1CCCCN1S(=O)(=O)c1ccc(NCC(O)CO)cc1. The first-order valence-electron chi connectivity index (χ1n) is 7.60. The summed E-state index contributed by atoms with van der Waals surface area (Å²) in [6.07, 6.45) is 2.04. The molecule has 124 valence electrons. The average Bonchev–Trinajstić information content (AvgIpc) is 2.53. The zero-order valence-corrected chi connectivity index (χ0v) is 13.6. The summed E-state index contributed by atoms with van der Waals surface area (Å²) in [5.74, 6) is 0. The molecule has 0 bridgehead atoms. The van der Waals surface area contributed by atoms with Crippen LogP contribution in [0.4, 0.5) is 5.69 Å². The molecule has 22 heavy (non-hydrogen) atoms. The summed E-state index contributed by atoms with van der Waals surface area (Å²) in [5.41, 5.74) is 0.707. The molecule has 7 heteroatoms. The molecular weight excluding hydrogens is 304 g/mol. The highest BCUT2D eigenvalue weighted by Crippen LogP contribution is 2.25. The van der Waals surface area contributed by atoms with Crippen molar-refractivity contribution in [2.75, 3.05) is 25.0 Å². The fraction of sp³-hybridized carbons (Fsp3) is 0.600. The number of piperidine rings is 1. The van der Waals surface area contributed by atoms with Gasteiger partial charge >= 0.3 is 0 Å². The molecule has 0 spiro atoms.